The smallest absolute Gasteiger partial charge is 0.189 e. The van der Waals surface area contributed by atoms with Gasteiger partial charge >= 0.3 is 0 Å². The highest BCUT2D eigenvalue weighted by molar-refractivity contribution is 8.13. The molecule has 0 spiro atoms. The average Bonchev–Trinajstić information content (AvgIpc) is 2.41. The molecule has 1 fully saturated rings. The number of carbonyl (C=O) groups is 1. The first-order valence-corrected chi connectivity index (χ1v) is 8.97. The number of thioether (sulfide) groups is 1. The Balaban J connectivity index is 1.86. The van der Waals surface area contributed by atoms with E-state index in [0.717, 1.165) is 18.4 Å². The van der Waals surface area contributed by atoms with Gasteiger partial charge in [-0.1, -0.05) is 25.6 Å². The summed E-state index contributed by atoms with van der Waals surface area (Å²) in [7, 11) is 0. The van der Waals surface area contributed by atoms with E-state index in [2.05, 4.69) is 19.2 Å². The predicted octanol–water partition coefficient (Wildman–Crippen LogP) is 3.56. The minimum absolute atomic E-state index is 0.119. The Kier molecular flexibility index (Phi) is 6.26. The molecular weight excluding hydrogens is 301 g/mol. The number of hydrogen-bond donors (Lipinski definition) is 1. The molecule has 122 valence electrons. The lowest BCUT2D eigenvalue weighted by atomic mass is 9.88. The third-order valence-electron chi connectivity index (χ3n) is 3.74. The average molecular weight is 325 g/mol. The number of ether oxygens (including phenoxy) is 1. The van der Waals surface area contributed by atoms with Crippen LogP contribution in [0.1, 0.15) is 38.7 Å². The monoisotopic (exact) mass is 325 g/mol. The van der Waals surface area contributed by atoms with E-state index in [4.69, 9.17) is 4.74 Å². The molecule has 2 rings (SSSR count). The number of aryl methyl sites for hydroxylation is 1. The van der Waals surface area contributed by atoms with Gasteiger partial charge in [0, 0.05) is 24.6 Å². The zero-order valence-corrected chi connectivity index (χ0v) is 14.2. The summed E-state index contributed by atoms with van der Waals surface area (Å²) in [6.07, 6.45) is 4.80. The van der Waals surface area contributed by atoms with Crippen molar-refractivity contribution in [2.24, 2.45) is 0 Å². The molecule has 1 aromatic rings. The summed E-state index contributed by atoms with van der Waals surface area (Å²) in [5.41, 5.74) is 0.813. The minimum atomic E-state index is -0.305. The maximum Gasteiger partial charge on any atom is 0.189 e. The summed E-state index contributed by atoms with van der Waals surface area (Å²) in [6, 6.07) is 5.71. The molecule has 1 saturated carbocycles. The van der Waals surface area contributed by atoms with E-state index in [1.54, 1.807) is 6.26 Å². The lowest BCUT2D eigenvalue weighted by Gasteiger charge is -2.37. The second kappa shape index (κ2) is 7.97. The third-order valence-corrected chi connectivity index (χ3v) is 4.40. The molecule has 1 aliphatic carbocycles. The van der Waals surface area contributed by atoms with Crippen molar-refractivity contribution in [3.8, 4) is 5.75 Å². The Morgan fingerprint density at radius 3 is 2.77 bits per heavy atom. The normalized spacial score (nSPS) is 20.8. The standard InChI is InChI=1S/C17H24FNO2S/c1-11(2)19-14-9-16(10-14)21-15-7-12(6-13(18)8-15)4-5-17(20)22-3/h6-8,11,14,16,19H,4-5,9-10H2,1-3H3/t14-,16-. The Morgan fingerprint density at radius 1 is 1.41 bits per heavy atom. The molecule has 0 unspecified atom stereocenters. The topological polar surface area (TPSA) is 38.3 Å². The Hall–Kier alpha value is -1.07. The van der Waals surface area contributed by atoms with E-state index in [1.165, 1.54) is 23.9 Å². The number of hydrogen-bond acceptors (Lipinski definition) is 4. The number of rotatable bonds is 7. The highest BCUT2D eigenvalue weighted by Gasteiger charge is 2.31. The molecule has 1 aliphatic rings. The Morgan fingerprint density at radius 2 is 2.14 bits per heavy atom. The first kappa shape index (κ1) is 17.3. The number of nitrogens with one attached hydrogen (secondary N) is 1. The first-order chi connectivity index (χ1) is 10.5. The number of halogens is 1. The molecule has 0 atom stereocenters. The van der Waals surface area contributed by atoms with Crippen molar-refractivity contribution in [2.45, 2.75) is 57.7 Å². The zero-order valence-electron chi connectivity index (χ0n) is 13.4. The molecule has 0 heterocycles. The highest BCUT2D eigenvalue weighted by Crippen LogP contribution is 2.28. The number of carbonyl (C=O) groups excluding carboxylic acids is 1. The van der Waals surface area contributed by atoms with Gasteiger partial charge in [-0.15, -0.1) is 0 Å². The largest absolute Gasteiger partial charge is 0.490 e. The van der Waals surface area contributed by atoms with E-state index >= 15 is 0 Å². The maximum absolute atomic E-state index is 13.7. The van der Waals surface area contributed by atoms with Crippen molar-refractivity contribution in [1.29, 1.82) is 0 Å². The van der Waals surface area contributed by atoms with Crippen molar-refractivity contribution in [1.82, 2.24) is 5.32 Å². The van der Waals surface area contributed by atoms with E-state index in [0.29, 0.717) is 30.7 Å². The Labute approximate surface area is 136 Å². The van der Waals surface area contributed by atoms with Crippen molar-refractivity contribution in [3.63, 3.8) is 0 Å². The van der Waals surface area contributed by atoms with Gasteiger partial charge in [-0.2, -0.15) is 0 Å². The van der Waals surface area contributed by atoms with Crippen molar-refractivity contribution in [3.05, 3.63) is 29.6 Å². The molecule has 0 aromatic heterocycles. The predicted molar refractivity (Wildman–Crippen MR) is 89.0 cm³/mol. The van der Waals surface area contributed by atoms with Crippen molar-refractivity contribution in [2.75, 3.05) is 6.26 Å². The quantitative estimate of drug-likeness (QED) is 0.832. The fraction of sp³-hybridized carbons (Fsp3) is 0.588. The van der Waals surface area contributed by atoms with Crippen LogP contribution >= 0.6 is 11.8 Å². The van der Waals surface area contributed by atoms with Crippen LogP contribution in [0.25, 0.3) is 0 Å². The van der Waals surface area contributed by atoms with Gasteiger partial charge < -0.3 is 10.1 Å². The molecule has 0 bridgehead atoms. The van der Waals surface area contributed by atoms with E-state index < -0.39 is 0 Å². The molecule has 0 aliphatic heterocycles. The lowest BCUT2D eigenvalue weighted by molar-refractivity contribution is -0.110. The summed E-state index contributed by atoms with van der Waals surface area (Å²) in [4.78, 5) is 11.3. The fourth-order valence-electron chi connectivity index (χ4n) is 2.64. The van der Waals surface area contributed by atoms with Gasteiger partial charge in [-0.3, -0.25) is 4.79 Å². The molecule has 22 heavy (non-hydrogen) atoms. The first-order valence-electron chi connectivity index (χ1n) is 7.75. The summed E-state index contributed by atoms with van der Waals surface area (Å²) in [6.45, 7) is 4.26. The van der Waals surface area contributed by atoms with Gasteiger partial charge in [0.05, 0.1) is 0 Å². The summed E-state index contributed by atoms with van der Waals surface area (Å²) in [5.74, 6) is 0.264. The molecule has 5 heteroatoms. The molecule has 1 aromatic carbocycles. The van der Waals surface area contributed by atoms with Crippen LogP contribution in [0.5, 0.6) is 5.75 Å². The highest BCUT2D eigenvalue weighted by atomic mass is 32.2. The van der Waals surface area contributed by atoms with Gasteiger partial charge in [-0.05, 0) is 43.2 Å². The van der Waals surface area contributed by atoms with Crippen LogP contribution in [0.2, 0.25) is 0 Å². The van der Waals surface area contributed by atoms with Gasteiger partial charge in [0.25, 0.3) is 0 Å². The summed E-state index contributed by atoms with van der Waals surface area (Å²) >= 11 is 1.21. The van der Waals surface area contributed by atoms with E-state index in [1.807, 2.05) is 6.07 Å². The van der Waals surface area contributed by atoms with Crippen molar-refractivity contribution < 1.29 is 13.9 Å². The van der Waals surface area contributed by atoms with Crippen LogP contribution in [0.15, 0.2) is 18.2 Å². The fourth-order valence-corrected chi connectivity index (χ4v) is 2.95. The molecule has 3 nitrogen and oxygen atoms in total. The van der Waals surface area contributed by atoms with Crippen LogP contribution in [0.3, 0.4) is 0 Å². The minimum Gasteiger partial charge on any atom is -0.490 e. The van der Waals surface area contributed by atoms with Gasteiger partial charge in [0.15, 0.2) is 5.12 Å². The third kappa shape index (κ3) is 5.29. The van der Waals surface area contributed by atoms with Crippen LogP contribution < -0.4 is 10.1 Å². The summed E-state index contributed by atoms with van der Waals surface area (Å²) in [5, 5.41) is 3.58. The molecule has 1 N–H and O–H groups in total. The van der Waals surface area contributed by atoms with E-state index in [9.17, 15) is 9.18 Å². The van der Waals surface area contributed by atoms with E-state index in [-0.39, 0.29) is 17.0 Å². The molecule has 0 amide bonds. The lowest BCUT2D eigenvalue weighted by Crippen LogP contribution is -2.49. The van der Waals surface area contributed by atoms with Gasteiger partial charge in [0.2, 0.25) is 0 Å². The van der Waals surface area contributed by atoms with Crippen molar-refractivity contribution >= 4 is 16.9 Å². The SMILES string of the molecule is CSC(=O)CCc1cc(F)cc(O[C@H]2C[C@H](NC(C)C)C2)c1. The zero-order chi connectivity index (χ0) is 16.1. The number of benzene rings is 1. The molecule has 0 saturated heterocycles. The second-order valence-corrected chi connectivity index (χ2v) is 6.96. The molecule has 0 radical (unpaired) electrons. The Bertz CT molecular complexity index is 515. The molecular formula is C17H24FNO2S. The summed E-state index contributed by atoms with van der Waals surface area (Å²) < 4.78 is 19.5. The maximum atomic E-state index is 13.7. The van der Waals surface area contributed by atoms with Crippen LogP contribution in [-0.2, 0) is 11.2 Å². The van der Waals surface area contributed by atoms with Crippen LogP contribution in [-0.4, -0.2) is 29.6 Å². The van der Waals surface area contributed by atoms with Gasteiger partial charge in [-0.25, -0.2) is 4.39 Å². The van der Waals surface area contributed by atoms with Gasteiger partial charge in [0.1, 0.15) is 17.7 Å². The second-order valence-electron chi connectivity index (χ2n) is 6.10. The van der Waals surface area contributed by atoms with Crippen LogP contribution in [0.4, 0.5) is 4.39 Å². The van der Waals surface area contributed by atoms with Crippen LogP contribution in [0, 0.1) is 5.82 Å².